The SMILES string of the molecule is COc1cc(C(N)CS(C)(=O)=O)ccc1Cl. The summed E-state index contributed by atoms with van der Waals surface area (Å²) in [4.78, 5) is 0. The molecule has 0 fully saturated rings. The highest BCUT2D eigenvalue weighted by molar-refractivity contribution is 7.90. The predicted octanol–water partition coefficient (Wildman–Crippen LogP) is 1.39. The van der Waals surface area contributed by atoms with Gasteiger partial charge in [0.15, 0.2) is 0 Å². The molecule has 1 atom stereocenters. The van der Waals surface area contributed by atoms with Crippen LogP contribution in [0.5, 0.6) is 5.75 Å². The summed E-state index contributed by atoms with van der Waals surface area (Å²) < 4.78 is 27.2. The molecule has 0 aliphatic rings. The highest BCUT2D eigenvalue weighted by Crippen LogP contribution is 2.27. The molecule has 0 aliphatic carbocycles. The maximum absolute atomic E-state index is 11.1. The Morgan fingerprint density at radius 2 is 2.12 bits per heavy atom. The van der Waals surface area contributed by atoms with Crippen LogP contribution in [0.25, 0.3) is 0 Å². The molecule has 0 bridgehead atoms. The number of rotatable bonds is 4. The van der Waals surface area contributed by atoms with Crippen molar-refractivity contribution in [2.75, 3.05) is 19.1 Å². The Labute approximate surface area is 100 Å². The lowest BCUT2D eigenvalue weighted by Crippen LogP contribution is -2.20. The van der Waals surface area contributed by atoms with Gasteiger partial charge in [-0.1, -0.05) is 17.7 Å². The van der Waals surface area contributed by atoms with E-state index in [4.69, 9.17) is 22.1 Å². The van der Waals surface area contributed by atoms with E-state index in [2.05, 4.69) is 0 Å². The van der Waals surface area contributed by atoms with Gasteiger partial charge in [0, 0.05) is 12.3 Å². The van der Waals surface area contributed by atoms with E-state index in [9.17, 15) is 8.42 Å². The Balaban J connectivity index is 2.96. The number of halogens is 1. The molecule has 1 unspecified atom stereocenters. The Bertz CT molecular complexity index is 473. The van der Waals surface area contributed by atoms with Crippen LogP contribution in [0.3, 0.4) is 0 Å². The van der Waals surface area contributed by atoms with Crippen LogP contribution in [0.15, 0.2) is 18.2 Å². The van der Waals surface area contributed by atoms with Crippen molar-refractivity contribution in [2.45, 2.75) is 6.04 Å². The third-order valence-corrected chi connectivity index (χ3v) is 3.36. The van der Waals surface area contributed by atoms with Crippen molar-refractivity contribution in [1.29, 1.82) is 0 Å². The number of ether oxygens (including phenoxy) is 1. The van der Waals surface area contributed by atoms with Gasteiger partial charge in [0.05, 0.1) is 17.9 Å². The van der Waals surface area contributed by atoms with Gasteiger partial charge in [0.2, 0.25) is 0 Å². The van der Waals surface area contributed by atoms with Crippen molar-refractivity contribution in [1.82, 2.24) is 0 Å². The van der Waals surface area contributed by atoms with Gasteiger partial charge >= 0.3 is 0 Å². The Hall–Kier alpha value is -0.780. The molecular formula is C10H14ClNO3S. The first kappa shape index (κ1) is 13.3. The fourth-order valence-electron chi connectivity index (χ4n) is 1.33. The van der Waals surface area contributed by atoms with Crippen molar-refractivity contribution in [3.05, 3.63) is 28.8 Å². The smallest absolute Gasteiger partial charge is 0.149 e. The van der Waals surface area contributed by atoms with Gasteiger partial charge in [0.1, 0.15) is 15.6 Å². The van der Waals surface area contributed by atoms with E-state index < -0.39 is 15.9 Å². The molecule has 90 valence electrons. The lowest BCUT2D eigenvalue weighted by Gasteiger charge is -2.12. The van der Waals surface area contributed by atoms with E-state index in [0.717, 1.165) is 6.26 Å². The van der Waals surface area contributed by atoms with Crippen LogP contribution in [-0.4, -0.2) is 27.5 Å². The van der Waals surface area contributed by atoms with Crippen LogP contribution in [0.4, 0.5) is 0 Å². The second-order valence-electron chi connectivity index (χ2n) is 3.59. The minimum atomic E-state index is -3.10. The minimum absolute atomic E-state index is 0.0994. The summed E-state index contributed by atoms with van der Waals surface area (Å²) in [6.45, 7) is 0. The highest BCUT2D eigenvalue weighted by Gasteiger charge is 2.14. The Kier molecular flexibility index (Phi) is 4.18. The van der Waals surface area contributed by atoms with Crippen LogP contribution in [-0.2, 0) is 9.84 Å². The standard InChI is InChI=1S/C10H14ClNO3S/c1-15-10-5-7(3-4-8(10)11)9(12)6-16(2,13)14/h3-5,9H,6,12H2,1-2H3. The summed E-state index contributed by atoms with van der Waals surface area (Å²) >= 11 is 5.85. The molecule has 0 aliphatic heterocycles. The number of hydrogen-bond donors (Lipinski definition) is 1. The summed E-state index contributed by atoms with van der Waals surface area (Å²) in [5, 5.41) is 0.470. The molecular weight excluding hydrogens is 250 g/mol. The molecule has 16 heavy (non-hydrogen) atoms. The van der Waals surface area contributed by atoms with Crippen LogP contribution in [0, 0.1) is 0 Å². The van der Waals surface area contributed by atoms with Gasteiger partial charge in [-0.2, -0.15) is 0 Å². The van der Waals surface area contributed by atoms with Crippen LogP contribution >= 0.6 is 11.6 Å². The maximum Gasteiger partial charge on any atom is 0.149 e. The highest BCUT2D eigenvalue weighted by atomic mass is 35.5. The average molecular weight is 264 g/mol. The summed E-state index contributed by atoms with van der Waals surface area (Å²) in [5.74, 6) is 0.390. The monoisotopic (exact) mass is 263 g/mol. The number of nitrogens with two attached hydrogens (primary N) is 1. The first-order valence-corrected chi connectivity index (χ1v) is 7.04. The second-order valence-corrected chi connectivity index (χ2v) is 6.18. The lowest BCUT2D eigenvalue weighted by atomic mass is 10.1. The van der Waals surface area contributed by atoms with E-state index in [1.54, 1.807) is 18.2 Å². The van der Waals surface area contributed by atoms with Gasteiger partial charge < -0.3 is 10.5 Å². The third kappa shape index (κ3) is 3.66. The molecule has 0 saturated heterocycles. The van der Waals surface area contributed by atoms with Gasteiger partial charge in [-0.25, -0.2) is 8.42 Å². The molecule has 1 aromatic carbocycles. The summed E-state index contributed by atoms with van der Waals surface area (Å²) in [6, 6.07) is 4.41. The third-order valence-electron chi connectivity index (χ3n) is 2.09. The molecule has 0 radical (unpaired) electrons. The maximum atomic E-state index is 11.1. The molecule has 0 spiro atoms. The zero-order chi connectivity index (χ0) is 12.3. The summed E-state index contributed by atoms with van der Waals surface area (Å²) in [6.07, 6.45) is 1.15. The van der Waals surface area contributed by atoms with E-state index in [1.165, 1.54) is 7.11 Å². The molecule has 0 saturated carbocycles. The van der Waals surface area contributed by atoms with Crippen molar-refractivity contribution >= 4 is 21.4 Å². The number of hydrogen-bond acceptors (Lipinski definition) is 4. The van der Waals surface area contributed by atoms with Crippen molar-refractivity contribution in [2.24, 2.45) is 5.73 Å². The molecule has 0 amide bonds. The molecule has 2 N–H and O–H groups in total. The largest absolute Gasteiger partial charge is 0.495 e. The van der Waals surface area contributed by atoms with Crippen LogP contribution in [0.2, 0.25) is 5.02 Å². The zero-order valence-electron chi connectivity index (χ0n) is 9.10. The zero-order valence-corrected chi connectivity index (χ0v) is 10.7. The number of sulfone groups is 1. The van der Waals surface area contributed by atoms with Gasteiger partial charge in [0.25, 0.3) is 0 Å². The van der Waals surface area contributed by atoms with Gasteiger partial charge in [-0.15, -0.1) is 0 Å². The molecule has 0 heterocycles. The van der Waals surface area contributed by atoms with Crippen molar-refractivity contribution in [3.8, 4) is 5.75 Å². The van der Waals surface area contributed by atoms with Crippen LogP contribution < -0.4 is 10.5 Å². The molecule has 6 heteroatoms. The van der Waals surface area contributed by atoms with Gasteiger partial charge in [-0.3, -0.25) is 0 Å². The second kappa shape index (κ2) is 5.03. The van der Waals surface area contributed by atoms with Crippen molar-refractivity contribution in [3.63, 3.8) is 0 Å². The normalized spacial score (nSPS) is 13.5. The van der Waals surface area contributed by atoms with E-state index >= 15 is 0 Å². The first-order valence-electron chi connectivity index (χ1n) is 4.60. The Morgan fingerprint density at radius 1 is 1.50 bits per heavy atom. The molecule has 4 nitrogen and oxygen atoms in total. The predicted molar refractivity (Wildman–Crippen MR) is 64.6 cm³/mol. The summed E-state index contributed by atoms with van der Waals surface area (Å²) in [5.41, 5.74) is 6.46. The number of methoxy groups -OCH3 is 1. The number of benzene rings is 1. The van der Waals surface area contributed by atoms with Crippen molar-refractivity contribution < 1.29 is 13.2 Å². The molecule has 0 aromatic heterocycles. The van der Waals surface area contributed by atoms with E-state index in [-0.39, 0.29) is 5.75 Å². The lowest BCUT2D eigenvalue weighted by molar-refractivity contribution is 0.414. The van der Waals surface area contributed by atoms with Crippen LogP contribution in [0.1, 0.15) is 11.6 Å². The topological polar surface area (TPSA) is 69.4 Å². The Morgan fingerprint density at radius 3 is 2.62 bits per heavy atom. The first-order chi connectivity index (χ1) is 7.33. The summed E-state index contributed by atoms with van der Waals surface area (Å²) in [7, 11) is -1.61. The average Bonchev–Trinajstić information content (AvgIpc) is 2.15. The molecule has 1 rings (SSSR count). The van der Waals surface area contributed by atoms with E-state index in [0.29, 0.717) is 16.3 Å². The minimum Gasteiger partial charge on any atom is -0.495 e. The quantitative estimate of drug-likeness (QED) is 0.891. The fourth-order valence-corrected chi connectivity index (χ4v) is 2.37. The van der Waals surface area contributed by atoms with Gasteiger partial charge in [-0.05, 0) is 17.7 Å². The van der Waals surface area contributed by atoms with E-state index in [1.807, 2.05) is 0 Å². The fraction of sp³-hybridized carbons (Fsp3) is 0.400. The molecule has 1 aromatic rings.